The fraction of sp³-hybridized carbons (Fsp3) is 0.261. The number of carbonyl (C=O) groups is 1. The van der Waals surface area contributed by atoms with Crippen LogP contribution in [0.25, 0.3) is 10.8 Å². The minimum Gasteiger partial charge on any atom is -0.312 e. The first-order valence-corrected chi connectivity index (χ1v) is 11.5. The molecule has 6 heteroatoms. The largest absolute Gasteiger partial charge is 0.312 e. The Morgan fingerprint density at radius 2 is 1.86 bits per heavy atom. The van der Waals surface area contributed by atoms with Gasteiger partial charge >= 0.3 is 0 Å². The summed E-state index contributed by atoms with van der Waals surface area (Å²) >= 11 is 0. The average Bonchev–Trinajstić information content (AvgIpc) is 2.72. The van der Waals surface area contributed by atoms with Crippen molar-refractivity contribution in [2.45, 2.75) is 31.9 Å². The normalized spacial score (nSPS) is 13.9. The number of anilines is 2. The fourth-order valence-electron chi connectivity index (χ4n) is 3.95. The van der Waals surface area contributed by atoms with Crippen LogP contribution in [-0.4, -0.2) is 20.9 Å². The third-order valence-corrected chi connectivity index (χ3v) is 6.54. The van der Waals surface area contributed by atoms with Crippen LogP contribution in [0.2, 0.25) is 0 Å². The average molecular weight is 409 g/mol. The molecule has 0 bridgehead atoms. The predicted octanol–water partition coefficient (Wildman–Crippen LogP) is 4.47. The second kappa shape index (κ2) is 7.87. The number of fused-ring (bicyclic) bond motifs is 2. The molecule has 0 aromatic heterocycles. The molecule has 150 valence electrons. The van der Waals surface area contributed by atoms with Crippen LogP contribution in [0, 0.1) is 0 Å². The lowest BCUT2D eigenvalue weighted by molar-refractivity contribution is -0.118. The molecular formula is C23H24N2O3S. The molecule has 5 nitrogen and oxygen atoms in total. The highest BCUT2D eigenvalue weighted by atomic mass is 32.2. The van der Waals surface area contributed by atoms with Gasteiger partial charge in [-0.2, -0.15) is 0 Å². The van der Waals surface area contributed by atoms with Gasteiger partial charge in [-0.3, -0.25) is 9.52 Å². The molecule has 1 aliphatic rings. The second-order valence-corrected chi connectivity index (χ2v) is 9.07. The van der Waals surface area contributed by atoms with Crippen LogP contribution in [0.5, 0.6) is 0 Å². The first-order valence-electron chi connectivity index (χ1n) is 9.87. The zero-order valence-corrected chi connectivity index (χ0v) is 17.2. The summed E-state index contributed by atoms with van der Waals surface area (Å²) in [6.45, 7) is 2.57. The van der Waals surface area contributed by atoms with E-state index in [1.54, 1.807) is 11.0 Å². The Bertz CT molecular complexity index is 1170. The Labute approximate surface area is 171 Å². The van der Waals surface area contributed by atoms with Crippen LogP contribution in [0.3, 0.4) is 0 Å². The summed E-state index contributed by atoms with van der Waals surface area (Å²) in [5.74, 6) is 0.00143. The number of carbonyl (C=O) groups excluding carboxylic acids is 1. The van der Waals surface area contributed by atoms with Gasteiger partial charge in [-0.25, -0.2) is 8.42 Å². The first-order chi connectivity index (χ1) is 14.0. The number of benzene rings is 3. The van der Waals surface area contributed by atoms with Gasteiger partial charge in [0.15, 0.2) is 0 Å². The molecular weight excluding hydrogens is 384 g/mol. The lowest BCUT2D eigenvalue weighted by Crippen LogP contribution is -2.34. The fourth-order valence-corrected chi connectivity index (χ4v) is 5.17. The number of amides is 1. The Kier molecular flexibility index (Phi) is 5.28. The summed E-state index contributed by atoms with van der Waals surface area (Å²) in [5.41, 5.74) is 3.20. The number of rotatable bonds is 5. The van der Waals surface area contributed by atoms with Crippen molar-refractivity contribution in [3.05, 3.63) is 71.8 Å². The van der Waals surface area contributed by atoms with Gasteiger partial charge in [0, 0.05) is 24.3 Å². The smallest absolute Gasteiger partial charge is 0.236 e. The van der Waals surface area contributed by atoms with Crippen molar-refractivity contribution < 1.29 is 13.2 Å². The molecule has 0 atom stereocenters. The van der Waals surface area contributed by atoms with E-state index in [1.807, 2.05) is 61.5 Å². The van der Waals surface area contributed by atoms with Gasteiger partial charge in [0.05, 0.1) is 5.75 Å². The number of sulfonamides is 1. The van der Waals surface area contributed by atoms with Crippen LogP contribution in [0.1, 0.15) is 30.9 Å². The van der Waals surface area contributed by atoms with E-state index in [1.165, 1.54) is 0 Å². The van der Waals surface area contributed by atoms with Crippen molar-refractivity contribution in [2.75, 3.05) is 16.2 Å². The van der Waals surface area contributed by atoms with Gasteiger partial charge in [0.25, 0.3) is 0 Å². The lowest BCUT2D eigenvalue weighted by Gasteiger charge is -2.29. The highest BCUT2D eigenvalue weighted by Gasteiger charge is 2.22. The molecule has 0 saturated heterocycles. The number of nitrogens with one attached hydrogen (secondary N) is 1. The van der Waals surface area contributed by atoms with Gasteiger partial charge in [-0.15, -0.1) is 0 Å². The summed E-state index contributed by atoms with van der Waals surface area (Å²) in [6.07, 6.45) is 2.17. The standard InChI is InChI=1S/C23H24N2O3S/c1-2-23(26)25-14-6-10-18-15-20(12-13-22(18)25)24-29(27,28)16-19-9-5-8-17-7-3-4-11-21(17)19/h3-5,7-9,11-13,15,24H,2,6,10,14,16H2,1H3. The molecule has 0 radical (unpaired) electrons. The molecule has 1 aliphatic heterocycles. The van der Waals surface area contributed by atoms with E-state index in [-0.39, 0.29) is 11.7 Å². The summed E-state index contributed by atoms with van der Waals surface area (Å²) in [4.78, 5) is 14.0. The summed E-state index contributed by atoms with van der Waals surface area (Å²) < 4.78 is 28.4. The van der Waals surface area contributed by atoms with Crippen LogP contribution >= 0.6 is 0 Å². The molecule has 0 unspecified atom stereocenters. The monoisotopic (exact) mass is 408 g/mol. The van der Waals surface area contributed by atoms with Crippen molar-refractivity contribution in [2.24, 2.45) is 0 Å². The molecule has 0 saturated carbocycles. The molecule has 4 rings (SSSR count). The third-order valence-electron chi connectivity index (χ3n) is 5.30. The van der Waals surface area contributed by atoms with Crippen LogP contribution in [0.15, 0.2) is 60.7 Å². The molecule has 0 fully saturated rings. The molecule has 3 aromatic rings. The maximum atomic E-state index is 12.8. The Morgan fingerprint density at radius 1 is 1.07 bits per heavy atom. The van der Waals surface area contributed by atoms with E-state index in [9.17, 15) is 13.2 Å². The van der Waals surface area contributed by atoms with Crippen LogP contribution < -0.4 is 9.62 Å². The molecule has 3 aromatic carbocycles. The van der Waals surface area contributed by atoms with Crippen LogP contribution in [-0.2, 0) is 27.0 Å². The molecule has 0 spiro atoms. The molecule has 1 heterocycles. The highest BCUT2D eigenvalue weighted by Crippen LogP contribution is 2.31. The zero-order valence-electron chi connectivity index (χ0n) is 16.4. The van der Waals surface area contributed by atoms with Gasteiger partial charge in [-0.1, -0.05) is 49.4 Å². The third kappa shape index (κ3) is 4.12. The highest BCUT2D eigenvalue weighted by molar-refractivity contribution is 7.91. The van der Waals surface area contributed by atoms with E-state index in [0.29, 0.717) is 18.7 Å². The number of nitrogens with zero attached hydrogens (tertiary/aromatic N) is 1. The zero-order chi connectivity index (χ0) is 20.4. The Balaban J connectivity index is 1.58. The van der Waals surface area contributed by atoms with E-state index < -0.39 is 10.0 Å². The van der Waals surface area contributed by atoms with Crippen molar-refractivity contribution in [3.63, 3.8) is 0 Å². The second-order valence-electron chi connectivity index (χ2n) is 7.35. The van der Waals surface area contributed by atoms with Gasteiger partial charge in [-0.05, 0) is 52.9 Å². The number of hydrogen-bond donors (Lipinski definition) is 1. The quantitative estimate of drug-likeness (QED) is 0.677. The van der Waals surface area contributed by atoms with Crippen molar-refractivity contribution in [1.29, 1.82) is 0 Å². The van der Waals surface area contributed by atoms with E-state index >= 15 is 0 Å². The number of aryl methyl sites for hydroxylation is 1. The SMILES string of the molecule is CCC(=O)N1CCCc2cc(NS(=O)(=O)Cc3cccc4ccccc34)ccc21. The van der Waals surface area contributed by atoms with Crippen molar-refractivity contribution in [3.8, 4) is 0 Å². The van der Waals surface area contributed by atoms with Gasteiger partial charge < -0.3 is 4.90 Å². The van der Waals surface area contributed by atoms with Gasteiger partial charge in [0.1, 0.15) is 0 Å². The number of hydrogen-bond acceptors (Lipinski definition) is 3. The molecule has 1 amide bonds. The van der Waals surface area contributed by atoms with Crippen molar-refractivity contribution in [1.82, 2.24) is 0 Å². The maximum absolute atomic E-state index is 12.8. The molecule has 1 N–H and O–H groups in total. The lowest BCUT2D eigenvalue weighted by atomic mass is 10.0. The summed E-state index contributed by atoms with van der Waals surface area (Å²) in [5, 5.41) is 1.97. The van der Waals surface area contributed by atoms with E-state index in [4.69, 9.17) is 0 Å². The maximum Gasteiger partial charge on any atom is 0.236 e. The topological polar surface area (TPSA) is 66.5 Å². The summed E-state index contributed by atoms with van der Waals surface area (Å²) in [7, 11) is -3.57. The molecule has 29 heavy (non-hydrogen) atoms. The minimum absolute atomic E-state index is 0.0914. The Morgan fingerprint density at radius 3 is 2.69 bits per heavy atom. The van der Waals surface area contributed by atoms with E-state index in [2.05, 4.69) is 4.72 Å². The first kappa shape index (κ1) is 19.5. The Hall–Kier alpha value is -2.86. The molecule has 0 aliphatic carbocycles. The van der Waals surface area contributed by atoms with Crippen molar-refractivity contribution >= 4 is 38.1 Å². The van der Waals surface area contributed by atoms with Crippen LogP contribution in [0.4, 0.5) is 11.4 Å². The predicted molar refractivity (Wildman–Crippen MR) is 118 cm³/mol. The summed E-state index contributed by atoms with van der Waals surface area (Å²) in [6, 6.07) is 18.9. The van der Waals surface area contributed by atoms with E-state index in [0.717, 1.165) is 40.4 Å². The minimum atomic E-state index is -3.57. The van der Waals surface area contributed by atoms with Gasteiger partial charge in [0.2, 0.25) is 15.9 Å².